The Morgan fingerprint density at radius 1 is 1.19 bits per heavy atom. The van der Waals surface area contributed by atoms with Gasteiger partial charge in [0.25, 0.3) is 5.56 Å². The quantitative estimate of drug-likeness (QED) is 0.739. The van der Waals surface area contributed by atoms with E-state index in [1.54, 1.807) is 0 Å². The van der Waals surface area contributed by atoms with Gasteiger partial charge in [-0.05, 0) is 18.1 Å². The number of anilines is 1. The Morgan fingerprint density at radius 3 is 2.69 bits per heavy atom. The Balaban J connectivity index is 1.38. The molecule has 3 aromatic rings. The summed E-state index contributed by atoms with van der Waals surface area (Å²) >= 11 is 1.38. The monoisotopic (exact) mass is 371 g/mol. The van der Waals surface area contributed by atoms with E-state index < -0.39 is 0 Å². The van der Waals surface area contributed by atoms with Crippen molar-refractivity contribution >= 4 is 21.4 Å². The van der Waals surface area contributed by atoms with Crippen LogP contribution in [0.4, 0.5) is 5.13 Å². The lowest BCUT2D eigenvalue weighted by atomic mass is 10.1. The Hall–Kier alpha value is -2.29. The van der Waals surface area contributed by atoms with Gasteiger partial charge in [0.05, 0.1) is 13.2 Å². The second-order valence-corrected chi connectivity index (χ2v) is 7.35. The fourth-order valence-electron chi connectivity index (χ4n) is 2.95. The van der Waals surface area contributed by atoms with Gasteiger partial charge >= 0.3 is 0 Å². The Bertz CT molecular complexity index is 944. The molecule has 0 radical (unpaired) electrons. The summed E-state index contributed by atoms with van der Waals surface area (Å²) in [5, 5.41) is 8.26. The molecule has 0 aliphatic carbocycles. The molecule has 0 spiro atoms. The van der Waals surface area contributed by atoms with Crippen molar-refractivity contribution in [1.29, 1.82) is 0 Å². The Morgan fingerprint density at radius 2 is 1.92 bits per heavy atom. The van der Waals surface area contributed by atoms with Gasteiger partial charge < -0.3 is 10.1 Å². The minimum absolute atomic E-state index is 0.149. The van der Waals surface area contributed by atoms with Crippen molar-refractivity contribution in [3.63, 3.8) is 0 Å². The third-order valence-corrected chi connectivity index (χ3v) is 5.22. The average molecular weight is 371 g/mol. The second kappa shape index (κ2) is 7.53. The van der Waals surface area contributed by atoms with E-state index in [1.165, 1.54) is 33.0 Å². The first kappa shape index (κ1) is 17.1. The van der Waals surface area contributed by atoms with Gasteiger partial charge in [-0.2, -0.15) is 4.52 Å². The van der Waals surface area contributed by atoms with Crippen LogP contribution in [0.3, 0.4) is 0 Å². The van der Waals surface area contributed by atoms with Crippen LogP contribution in [0.2, 0.25) is 0 Å². The van der Waals surface area contributed by atoms with Gasteiger partial charge in [0.15, 0.2) is 0 Å². The number of nitrogens with zero attached hydrogens (tertiary/aromatic N) is 4. The van der Waals surface area contributed by atoms with E-state index in [1.807, 2.05) is 6.92 Å². The van der Waals surface area contributed by atoms with Crippen molar-refractivity contribution in [2.75, 3.05) is 31.6 Å². The van der Waals surface area contributed by atoms with Crippen molar-refractivity contribution in [3.8, 4) is 0 Å². The molecule has 1 fully saturated rings. The Kier molecular flexibility index (Phi) is 4.96. The molecule has 0 amide bonds. The predicted octanol–water partition coefficient (Wildman–Crippen LogP) is 1.90. The summed E-state index contributed by atoms with van der Waals surface area (Å²) in [4.78, 5) is 19.3. The van der Waals surface area contributed by atoms with Crippen molar-refractivity contribution in [2.24, 2.45) is 0 Å². The normalized spacial score (nSPS) is 15.4. The molecule has 0 unspecified atom stereocenters. The van der Waals surface area contributed by atoms with E-state index in [0.29, 0.717) is 22.3 Å². The Labute approximate surface area is 155 Å². The third-order valence-electron chi connectivity index (χ3n) is 4.35. The summed E-state index contributed by atoms with van der Waals surface area (Å²) in [5.74, 6) is 0. The van der Waals surface area contributed by atoms with E-state index in [9.17, 15) is 4.79 Å². The molecule has 0 bridgehead atoms. The van der Waals surface area contributed by atoms with Crippen LogP contribution in [0, 0.1) is 6.92 Å². The molecule has 1 aliphatic heterocycles. The molecule has 7 nitrogen and oxygen atoms in total. The van der Waals surface area contributed by atoms with Crippen LogP contribution in [-0.2, 0) is 17.8 Å². The van der Waals surface area contributed by atoms with Crippen LogP contribution in [0.5, 0.6) is 0 Å². The molecule has 26 heavy (non-hydrogen) atoms. The minimum Gasteiger partial charge on any atom is -0.379 e. The van der Waals surface area contributed by atoms with Crippen LogP contribution < -0.4 is 10.9 Å². The number of hydrogen-bond acceptors (Lipinski definition) is 7. The SMILES string of the molecule is Cc1cc(=O)n2nc(NCc3ccc(CN4CCOCC4)cc3)sc2n1. The van der Waals surface area contributed by atoms with Crippen molar-refractivity contribution in [3.05, 3.63) is 57.5 Å². The van der Waals surface area contributed by atoms with Gasteiger partial charge in [0, 0.05) is 37.9 Å². The molecule has 1 aliphatic rings. The van der Waals surface area contributed by atoms with Crippen molar-refractivity contribution < 1.29 is 4.74 Å². The maximum atomic E-state index is 11.9. The summed E-state index contributed by atoms with van der Waals surface area (Å²) < 4.78 is 6.72. The standard InChI is InChI=1S/C18H21N5O2S/c1-13-10-16(24)23-18(20-13)26-17(21-23)19-11-14-2-4-15(5-3-14)12-22-6-8-25-9-7-22/h2-5,10H,6-9,11-12H2,1H3,(H,19,21). The summed E-state index contributed by atoms with van der Waals surface area (Å²) in [6, 6.07) is 10.1. The van der Waals surface area contributed by atoms with Crippen molar-refractivity contribution in [1.82, 2.24) is 19.5 Å². The number of hydrogen-bond donors (Lipinski definition) is 1. The molecule has 0 saturated carbocycles. The zero-order valence-corrected chi connectivity index (χ0v) is 15.5. The summed E-state index contributed by atoms with van der Waals surface area (Å²) in [5.41, 5.74) is 3.04. The summed E-state index contributed by atoms with van der Waals surface area (Å²) in [6.07, 6.45) is 0. The molecule has 1 aromatic carbocycles. The van der Waals surface area contributed by atoms with Gasteiger partial charge in [0.2, 0.25) is 10.1 Å². The number of rotatable bonds is 5. The topological polar surface area (TPSA) is 71.8 Å². The molecule has 1 N–H and O–H groups in total. The average Bonchev–Trinajstić information content (AvgIpc) is 3.05. The molecule has 3 heterocycles. The number of morpholine rings is 1. The summed E-state index contributed by atoms with van der Waals surface area (Å²) in [7, 11) is 0. The molecular weight excluding hydrogens is 350 g/mol. The fourth-order valence-corrected chi connectivity index (χ4v) is 3.80. The lowest BCUT2D eigenvalue weighted by Crippen LogP contribution is -2.35. The van der Waals surface area contributed by atoms with E-state index >= 15 is 0 Å². The summed E-state index contributed by atoms with van der Waals surface area (Å²) in [6.45, 7) is 7.06. The lowest BCUT2D eigenvalue weighted by Gasteiger charge is -2.26. The zero-order chi connectivity index (χ0) is 17.9. The lowest BCUT2D eigenvalue weighted by molar-refractivity contribution is 0.0342. The zero-order valence-electron chi connectivity index (χ0n) is 14.6. The van der Waals surface area contributed by atoms with Crippen molar-refractivity contribution in [2.45, 2.75) is 20.0 Å². The minimum atomic E-state index is -0.149. The highest BCUT2D eigenvalue weighted by molar-refractivity contribution is 7.20. The molecule has 0 atom stereocenters. The number of ether oxygens (including phenoxy) is 1. The predicted molar refractivity (Wildman–Crippen MR) is 102 cm³/mol. The van der Waals surface area contributed by atoms with Crippen LogP contribution in [0.1, 0.15) is 16.8 Å². The fraction of sp³-hybridized carbons (Fsp3) is 0.389. The molecular formula is C18H21N5O2S. The molecule has 1 saturated heterocycles. The first-order chi connectivity index (χ1) is 12.7. The highest BCUT2D eigenvalue weighted by atomic mass is 32.1. The number of nitrogens with one attached hydrogen (secondary N) is 1. The number of aromatic nitrogens is 3. The van der Waals surface area contributed by atoms with Crippen LogP contribution in [-0.4, -0.2) is 45.8 Å². The van der Waals surface area contributed by atoms with E-state index in [0.717, 1.165) is 32.8 Å². The number of aryl methyl sites for hydroxylation is 1. The first-order valence-corrected chi connectivity index (χ1v) is 9.48. The maximum absolute atomic E-state index is 11.9. The smallest absolute Gasteiger partial charge is 0.275 e. The second-order valence-electron chi connectivity index (χ2n) is 6.40. The van der Waals surface area contributed by atoms with E-state index in [2.05, 4.69) is 44.6 Å². The van der Waals surface area contributed by atoms with Crippen LogP contribution in [0.25, 0.3) is 4.96 Å². The van der Waals surface area contributed by atoms with Crippen LogP contribution in [0.15, 0.2) is 35.1 Å². The first-order valence-electron chi connectivity index (χ1n) is 8.67. The number of benzene rings is 1. The highest BCUT2D eigenvalue weighted by Gasteiger charge is 2.11. The third kappa shape index (κ3) is 3.92. The molecule has 136 valence electrons. The maximum Gasteiger partial charge on any atom is 0.275 e. The van der Waals surface area contributed by atoms with Gasteiger partial charge in [-0.15, -0.1) is 5.10 Å². The number of fused-ring (bicyclic) bond motifs is 1. The van der Waals surface area contributed by atoms with Gasteiger partial charge in [-0.3, -0.25) is 9.69 Å². The van der Waals surface area contributed by atoms with E-state index in [4.69, 9.17) is 4.74 Å². The van der Waals surface area contributed by atoms with Gasteiger partial charge in [0.1, 0.15) is 0 Å². The van der Waals surface area contributed by atoms with Crippen LogP contribution >= 0.6 is 11.3 Å². The molecule has 8 heteroatoms. The largest absolute Gasteiger partial charge is 0.379 e. The highest BCUT2D eigenvalue weighted by Crippen LogP contribution is 2.18. The molecule has 2 aromatic heterocycles. The van der Waals surface area contributed by atoms with Gasteiger partial charge in [-0.25, -0.2) is 4.98 Å². The van der Waals surface area contributed by atoms with E-state index in [-0.39, 0.29) is 5.56 Å². The molecule has 4 rings (SSSR count). The van der Waals surface area contributed by atoms with Gasteiger partial charge in [-0.1, -0.05) is 35.6 Å².